The number of hydrogen-bond donors (Lipinski definition) is 2. The van der Waals surface area contributed by atoms with Crippen molar-refractivity contribution in [3.63, 3.8) is 0 Å². The molecule has 11 heteroatoms. The summed E-state index contributed by atoms with van der Waals surface area (Å²) in [6, 6.07) is 20.2. The summed E-state index contributed by atoms with van der Waals surface area (Å²) < 4.78 is 11.5. The summed E-state index contributed by atoms with van der Waals surface area (Å²) in [6.45, 7) is 8.45. The fourth-order valence-corrected chi connectivity index (χ4v) is 5.91. The summed E-state index contributed by atoms with van der Waals surface area (Å²) in [7, 11) is 1.55. The minimum Gasteiger partial charge on any atom is -0.508 e. The van der Waals surface area contributed by atoms with E-state index in [0.717, 1.165) is 11.1 Å². The molecule has 2 atom stereocenters. The van der Waals surface area contributed by atoms with Gasteiger partial charge < -0.3 is 29.7 Å². The van der Waals surface area contributed by atoms with E-state index in [9.17, 15) is 19.5 Å². The van der Waals surface area contributed by atoms with Gasteiger partial charge in [0.25, 0.3) is 0 Å². The SMILES string of the molecule is C=CCOc1c(CN2C[C@H]3N(C(=O)CN(CC=C)N3C(=O)NCc3ccccc3)[C@@H](Cc3ccc(O)cc3)C2=O)cccc1OC. The molecule has 0 unspecified atom stereocenters. The molecule has 11 nitrogen and oxygen atoms in total. The van der Waals surface area contributed by atoms with Crippen LogP contribution in [0.25, 0.3) is 0 Å². The zero-order chi connectivity index (χ0) is 32.6. The topological polar surface area (TPSA) is 115 Å². The number of benzene rings is 3. The zero-order valence-electron chi connectivity index (χ0n) is 25.9. The van der Waals surface area contributed by atoms with Crippen LogP contribution in [0.5, 0.6) is 17.2 Å². The monoisotopic (exact) mass is 625 g/mol. The second kappa shape index (κ2) is 14.7. The minimum atomic E-state index is -0.908. The summed E-state index contributed by atoms with van der Waals surface area (Å²) in [5.41, 5.74) is 2.39. The zero-order valence-corrected chi connectivity index (χ0v) is 25.9. The van der Waals surface area contributed by atoms with E-state index >= 15 is 0 Å². The molecule has 2 saturated heterocycles. The smallest absolute Gasteiger partial charge is 0.334 e. The Kier molecular flexibility index (Phi) is 10.2. The first-order chi connectivity index (χ1) is 22.3. The van der Waals surface area contributed by atoms with Crippen LogP contribution in [0.2, 0.25) is 0 Å². The van der Waals surface area contributed by atoms with E-state index in [0.29, 0.717) is 17.1 Å². The highest BCUT2D eigenvalue weighted by Crippen LogP contribution is 2.35. The molecule has 3 aromatic rings. The second-order valence-electron chi connectivity index (χ2n) is 11.1. The van der Waals surface area contributed by atoms with Crippen molar-refractivity contribution in [2.45, 2.75) is 31.7 Å². The van der Waals surface area contributed by atoms with Crippen LogP contribution in [0, 0.1) is 0 Å². The molecule has 2 fully saturated rings. The fourth-order valence-electron chi connectivity index (χ4n) is 5.91. The van der Waals surface area contributed by atoms with Gasteiger partial charge in [-0.2, -0.15) is 0 Å². The first kappa shape index (κ1) is 32.1. The van der Waals surface area contributed by atoms with Crippen LogP contribution in [0.15, 0.2) is 98.1 Å². The number of ether oxygens (including phenoxy) is 2. The molecular formula is C35H39N5O6. The van der Waals surface area contributed by atoms with Gasteiger partial charge in [-0.25, -0.2) is 14.8 Å². The van der Waals surface area contributed by atoms with Gasteiger partial charge in [0.1, 0.15) is 24.6 Å². The molecule has 0 radical (unpaired) electrons. The lowest BCUT2D eigenvalue weighted by Gasteiger charge is -2.55. The molecule has 0 aromatic heterocycles. The van der Waals surface area contributed by atoms with E-state index in [4.69, 9.17) is 9.47 Å². The van der Waals surface area contributed by atoms with Gasteiger partial charge in [0.2, 0.25) is 11.8 Å². The molecule has 0 bridgehead atoms. The number of hydrazine groups is 1. The minimum absolute atomic E-state index is 0.0567. The van der Waals surface area contributed by atoms with Crippen LogP contribution < -0.4 is 14.8 Å². The summed E-state index contributed by atoms with van der Waals surface area (Å²) in [5.74, 6) is 0.557. The number of nitrogens with one attached hydrogen (secondary N) is 1. The number of hydrogen-bond acceptors (Lipinski definition) is 7. The Balaban J connectivity index is 1.53. The third-order valence-electron chi connectivity index (χ3n) is 8.02. The van der Waals surface area contributed by atoms with E-state index in [2.05, 4.69) is 18.5 Å². The molecule has 46 heavy (non-hydrogen) atoms. The number of carbonyl (C=O) groups excluding carboxylic acids is 3. The predicted octanol–water partition coefficient (Wildman–Crippen LogP) is 3.70. The Hall–Kier alpha value is -5.29. The van der Waals surface area contributed by atoms with Crippen LogP contribution >= 0.6 is 0 Å². The van der Waals surface area contributed by atoms with Crippen LogP contribution in [0.3, 0.4) is 0 Å². The number of methoxy groups -OCH3 is 1. The number of carbonyl (C=O) groups is 3. The van der Waals surface area contributed by atoms with Gasteiger partial charge in [-0.1, -0.05) is 73.3 Å². The molecule has 4 amide bonds. The van der Waals surface area contributed by atoms with Gasteiger partial charge in [-0.3, -0.25) is 9.59 Å². The van der Waals surface area contributed by atoms with Crippen molar-refractivity contribution in [1.82, 2.24) is 25.1 Å². The Bertz CT molecular complexity index is 1560. The lowest BCUT2D eigenvalue weighted by molar-refractivity contribution is -0.189. The number of phenolic OH excluding ortho intramolecular Hbond substituents is 1. The van der Waals surface area contributed by atoms with Crippen molar-refractivity contribution in [2.24, 2.45) is 0 Å². The average Bonchev–Trinajstić information content (AvgIpc) is 3.06. The molecule has 0 spiro atoms. The maximum atomic E-state index is 14.3. The molecule has 3 aromatic carbocycles. The summed E-state index contributed by atoms with van der Waals surface area (Å²) >= 11 is 0. The van der Waals surface area contributed by atoms with E-state index in [1.54, 1.807) is 59.5 Å². The number of piperazine rings is 1. The van der Waals surface area contributed by atoms with E-state index in [1.165, 1.54) is 9.91 Å². The van der Waals surface area contributed by atoms with Gasteiger partial charge in [0.15, 0.2) is 11.5 Å². The van der Waals surface area contributed by atoms with Crippen molar-refractivity contribution in [2.75, 3.05) is 33.4 Å². The maximum absolute atomic E-state index is 14.3. The average molecular weight is 626 g/mol. The third kappa shape index (κ3) is 7.00. The van der Waals surface area contributed by atoms with E-state index in [1.807, 2.05) is 42.5 Å². The molecule has 2 heterocycles. The number of fused-ring (bicyclic) bond motifs is 1. The van der Waals surface area contributed by atoms with Crippen molar-refractivity contribution < 1.29 is 29.0 Å². The second-order valence-corrected chi connectivity index (χ2v) is 11.1. The van der Waals surface area contributed by atoms with Gasteiger partial charge in [0.05, 0.1) is 20.2 Å². The van der Waals surface area contributed by atoms with Gasteiger partial charge in [0, 0.05) is 31.6 Å². The maximum Gasteiger partial charge on any atom is 0.334 e. The number of urea groups is 1. The summed E-state index contributed by atoms with van der Waals surface area (Å²) in [5, 5.41) is 16.0. The molecule has 2 aliphatic rings. The van der Waals surface area contributed by atoms with Crippen LogP contribution in [0.4, 0.5) is 4.79 Å². The molecule has 0 saturated carbocycles. The molecule has 2 N–H and O–H groups in total. The number of rotatable bonds is 12. The van der Waals surface area contributed by atoms with Crippen molar-refractivity contribution in [1.29, 1.82) is 0 Å². The van der Waals surface area contributed by atoms with E-state index in [-0.39, 0.29) is 63.3 Å². The van der Waals surface area contributed by atoms with Gasteiger partial charge >= 0.3 is 6.03 Å². The molecular weight excluding hydrogens is 586 g/mol. The Labute approximate surface area is 268 Å². The Morgan fingerprint density at radius 2 is 1.76 bits per heavy atom. The lowest BCUT2D eigenvalue weighted by atomic mass is 9.98. The number of phenols is 1. The van der Waals surface area contributed by atoms with Crippen molar-refractivity contribution >= 4 is 17.8 Å². The fraction of sp³-hybridized carbons (Fsp3) is 0.286. The highest BCUT2D eigenvalue weighted by molar-refractivity contribution is 5.91. The normalized spacial score (nSPS) is 18.2. The predicted molar refractivity (Wildman–Crippen MR) is 173 cm³/mol. The molecule has 5 rings (SSSR count). The Morgan fingerprint density at radius 1 is 1.00 bits per heavy atom. The summed E-state index contributed by atoms with van der Waals surface area (Å²) in [4.78, 5) is 45.3. The lowest BCUT2D eigenvalue weighted by Crippen LogP contribution is -2.76. The van der Waals surface area contributed by atoms with Gasteiger partial charge in [-0.15, -0.1) is 6.58 Å². The standard InChI is InChI=1S/C35H39N5O6/c1-4-18-38-24-32(42)39-29(20-25-14-16-28(41)17-15-25)34(43)37(22-27-12-9-13-30(45-3)33(27)46-19-5-2)23-31(39)40(38)35(44)36-21-26-10-7-6-8-11-26/h4-17,29,31,41H,1-2,18-24H2,3H3,(H,36,44)/t29-,31-/m0/s1. The first-order valence-corrected chi connectivity index (χ1v) is 15.1. The van der Waals surface area contributed by atoms with Crippen LogP contribution in [-0.2, 0) is 29.1 Å². The highest BCUT2D eigenvalue weighted by atomic mass is 16.5. The van der Waals surface area contributed by atoms with E-state index < -0.39 is 18.2 Å². The number of aromatic hydroxyl groups is 1. The highest BCUT2D eigenvalue weighted by Gasteiger charge is 2.51. The number of amides is 4. The number of para-hydroxylation sites is 1. The first-order valence-electron chi connectivity index (χ1n) is 15.1. The van der Waals surface area contributed by atoms with Crippen LogP contribution in [0.1, 0.15) is 16.7 Å². The third-order valence-corrected chi connectivity index (χ3v) is 8.02. The molecule has 2 aliphatic heterocycles. The molecule has 0 aliphatic carbocycles. The Morgan fingerprint density at radius 3 is 2.46 bits per heavy atom. The molecule has 240 valence electrons. The van der Waals surface area contributed by atoms with Gasteiger partial charge in [-0.05, 0) is 29.3 Å². The van der Waals surface area contributed by atoms with Crippen molar-refractivity contribution in [3.8, 4) is 17.2 Å². The largest absolute Gasteiger partial charge is 0.508 e. The van der Waals surface area contributed by atoms with Crippen LogP contribution in [-0.4, -0.2) is 88.3 Å². The van der Waals surface area contributed by atoms with Crippen molar-refractivity contribution in [3.05, 3.63) is 115 Å². The quantitative estimate of drug-likeness (QED) is 0.295. The number of nitrogens with zero attached hydrogens (tertiary/aromatic N) is 4. The summed E-state index contributed by atoms with van der Waals surface area (Å²) in [6.07, 6.45) is 2.65.